The largest absolute Gasteiger partial charge is 0.465 e. The molecule has 10 nitrogen and oxygen atoms in total. The summed E-state index contributed by atoms with van der Waals surface area (Å²) in [7, 11) is -3.47. The Morgan fingerprint density at radius 2 is 1.92 bits per heavy atom. The maximum atomic E-state index is 12.9. The van der Waals surface area contributed by atoms with E-state index in [0.29, 0.717) is 5.69 Å². The van der Waals surface area contributed by atoms with Gasteiger partial charge in [-0.25, -0.2) is 28.0 Å². The van der Waals surface area contributed by atoms with Crippen LogP contribution >= 0.6 is 0 Å². The summed E-state index contributed by atoms with van der Waals surface area (Å²) < 4.78 is 30.6. The van der Waals surface area contributed by atoms with Crippen molar-refractivity contribution in [2.45, 2.75) is 11.4 Å². The van der Waals surface area contributed by atoms with Crippen LogP contribution in [0.4, 0.5) is 10.7 Å². The SMILES string of the molecule is COC(=O)c1ccccc1S(=O)(=O)N(C(N)=O)c1nccc(CN)n1. The van der Waals surface area contributed by atoms with Crippen molar-refractivity contribution in [3.05, 3.63) is 47.8 Å². The number of anilines is 1. The van der Waals surface area contributed by atoms with E-state index in [1.165, 1.54) is 30.5 Å². The van der Waals surface area contributed by atoms with Crippen LogP contribution in [0.15, 0.2) is 41.4 Å². The summed E-state index contributed by atoms with van der Waals surface area (Å²) in [6.45, 7) is 0.000910. The minimum Gasteiger partial charge on any atom is -0.465 e. The first kappa shape index (κ1) is 18.3. The topological polar surface area (TPSA) is 159 Å². The Balaban J connectivity index is 2.66. The van der Waals surface area contributed by atoms with Crippen molar-refractivity contribution >= 4 is 28.0 Å². The summed E-state index contributed by atoms with van der Waals surface area (Å²) in [6, 6.07) is 5.34. The second-order valence-electron chi connectivity index (χ2n) is 4.65. The van der Waals surface area contributed by atoms with Crippen LogP contribution < -0.4 is 15.8 Å². The molecule has 11 heteroatoms. The number of amides is 2. The molecule has 0 atom stereocenters. The van der Waals surface area contributed by atoms with Crippen LogP contribution in [0, 0.1) is 0 Å². The fourth-order valence-electron chi connectivity index (χ4n) is 1.99. The molecular weight excluding hydrogens is 350 g/mol. The highest BCUT2D eigenvalue weighted by Crippen LogP contribution is 2.24. The van der Waals surface area contributed by atoms with Gasteiger partial charge in [0.2, 0.25) is 5.95 Å². The van der Waals surface area contributed by atoms with E-state index < -0.39 is 32.9 Å². The number of methoxy groups -OCH3 is 1. The van der Waals surface area contributed by atoms with Crippen LogP contribution in [0.3, 0.4) is 0 Å². The van der Waals surface area contributed by atoms with Crippen molar-refractivity contribution in [1.82, 2.24) is 9.97 Å². The van der Waals surface area contributed by atoms with Crippen LogP contribution in [0.2, 0.25) is 0 Å². The molecule has 2 rings (SSSR count). The highest BCUT2D eigenvalue weighted by Gasteiger charge is 2.35. The van der Waals surface area contributed by atoms with Gasteiger partial charge in [-0.15, -0.1) is 4.31 Å². The molecule has 0 fully saturated rings. The van der Waals surface area contributed by atoms with Crippen molar-refractivity contribution in [3.63, 3.8) is 0 Å². The third kappa shape index (κ3) is 3.56. The van der Waals surface area contributed by atoms with Gasteiger partial charge in [-0.2, -0.15) is 0 Å². The number of hydrogen-bond donors (Lipinski definition) is 2. The Kier molecular flexibility index (Phi) is 5.29. The average molecular weight is 365 g/mol. The molecule has 0 saturated carbocycles. The number of esters is 1. The summed E-state index contributed by atoms with van der Waals surface area (Å²) in [5.74, 6) is -1.37. The Hall–Kier alpha value is -3.05. The smallest absolute Gasteiger partial charge is 0.339 e. The molecule has 0 aliphatic carbocycles. The molecule has 4 N–H and O–H groups in total. The lowest BCUT2D eigenvalue weighted by atomic mass is 10.2. The predicted molar refractivity (Wildman–Crippen MR) is 87.0 cm³/mol. The number of aromatic nitrogens is 2. The molecule has 0 aliphatic heterocycles. The summed E-state index contributed by atoms with van der Waals surface area (Å²) in [5.41, 5.74) is 10.7. The normalized spacial score (nSPS) is 11.0. The van der Waals surface area contributed by atoms with Gasteiger partial charge in [-0.3, -0.25) is 0 Å². The van der Waals surface area contributed by atoms with E-state index in [1.54, 1.807) is 0 Å². The van der Waals surface area contributed by atoms with Crippen LogP contribution in [0.25, 0.3) is 0 Å². The van der Waals surface area contributed by atoms with E-state index in [4.69, 9.17) is 11.5 Å². The zero-order valence-electron chi connectivity index (χ0n) is 13.1. The van der Waals surface area contributed by atoms with E-state index in [0.717, 1.165) is 13.2 Å². The number of benzene rings is 1. The summed E-state index contributed by atoms with van der Waals surface area (Å²) in [5, 5.41) is 0. The number of hydrogen-bond acceptors (Lipinski definition) is 8. The standard InChI is InChI=1S/C14H15N5O5S/c1-24-12(20)10-4-2-3-5-11(10)25(22,23)19(13(16)21)14-17-7-6-9(8-15)18-14/h2-7H,8,15H2,1H3,(H2,16,21). The van der Waals surface area contributed by atoms with Gasteiger partial charge in [-0.05, 0) is 18.2 Å². The third-order valence-corrected chi connectivity index (χ3v) is 4.84. The fraction of sp³-hybridized carbons (Fsp3) is 0.143. The lowest BCUT2D eigenvalue weighted by molar-refractivity contribution is 0.0596. The van der Waals surface area contributed by atoms with Gasteiger partial charge < -0.3 is 16.2 Å². The summed E-state index contributed by atoms with van der Waals surface area (Å²) in [6.07, 6.45) is 1.24. The summed E-state index contributed by atoms with van der Waals surface area (Å²) in [4.78, 5) is 30.8. The lowest BCUT2D eigenvalue weighted by Crippen LogP contribution is -2.42. The Morgan fingerprint density at radius 1 is 1.24 bits per heavy atom. The number of ether oxygens (including phenoxy) is 1. The van der Waals surface area contributed by atoms with E-state index in [-0.39, 0.29) is 16.4 Å². The van der Waals surface area contributed by atoms with Gasteiger partial charge in [0.1, 0.15) is 4.90 Å². The number of carbonyl (C=O) groups is 2. The summed E-state index contributed by atoms with van der Waals surface area (Å²) >= 11 is 0. The van der Waals surface area contributed by atoms with Crippen molar-refractivity contribution in [2.24, 2.45) is 11.5 Å². The molecule has 0 aliphatic rings. The number of primary amides is 1. The van der Waals surface area contributed by atoms with Crippen molar-refractivity contribution in [2.75, 3.05) is 11.4 Å². The molecule has 25 heavy (non-hydrogen) atoms. The van der Waals surface area contributed by atoms with Gasteiger partial charge in [0.25, 0.3) is 10.0 Å². The molecule has 2 aromatic rings. The Bertz CT molecular complexity index is 915. The van der Waals surface area contributed by atoms with E-state index in [2.05, 4.69) is 14.7 Å². The molecule has 132 valence electrons. The zero-order chi connectivity index (χ0) is 18.6. The zero-order valence-corrected chi connectivity index (χ0v) is 13.9. The number of nitrogens with two attached hydrogens (primary N) is 2. The minimum absolute atomic E-state index is 0.000910. The highest BCUT2D eigenvalue weighted by atomic mass is 32.2. The van der Waals surface area contributed by atoms with Crippen molar-refractivity contribution in [3.8, 4) is 0 Å². The second-order valence-corrected chi connectivity index (χ2v) is 6.40. The van der Waals surface area contributed by atoms with Crippen molar-refractivity contribution in [1.29, 1.82) is 0 Å². The molecule has 1 heterocycles. The van der Waals surface area contributed by atoms with Gasteiger partial charge in [0.15, 0.2) is 0 Å². The van der Waals surface area contributed by atoms with Crippen LogP contribution in [0.1, 0.15) is 16.1 Å². The molecule has 1 aromatic heterocycles. The molecule has 0 saturated heterocycles. The van der Waals surface area contributed by atoms with Gasteiger partial charge in [-0.1, -0.05) is 12.1 Å². The van der Waals surface area contributed by atoms with E-state index in [1.807, 2.05) is 0 Å². The fourth-order valence-corrected chi connectivity index (χ4v) is 3.41. The molecule has 1 aromatic carbocycles. The van der Waals surface area contributed by atoms with Crippen LogP contribution in [-0.4, -0.2) is 37.5 Å². The molecule has 0 unspecified atom stereocenters. The quantitative estimate of drug-likeness (QED) is 0.700. The maximum absolute atomic E-state index is 12.9. The first-order valence-corrected chi connectivity index (χ1v) is 8.31. The van der Waals surface area contributed by atoms with Gasteiger partial charge in [0, 0.05) is 12.7 Å². The second kappa shape index (κ2) is 7.23. The monoisotopic (exact) mass is 365 g/mol. The van der Waals surface area contributed by atoms with E-state index in [9.17, 15) is 18.0 Å². The van der Waals surface area contributed by atoms with Gasteiger partial charge in [0.05, 0.1) is 18.4 Å². The number of carbonyl (C=O) groups excluding carboxylic acids is 2. The lowest BCUT2D eigenvalue weighted by Gasteiger charge is -2.19. The van der Waals surface area contributed by atoms with E-state index >= 15 is 0 Å². The number of nitrogens with zero attached hydrogens (tertiary/aromatic N) is 3. The molecule has 0 radical (unpaired) electrons. The maximum Gasteiger partial charge on any atom is 0.339 e. The van der Waals surface area contributed by atoms with Crippen LogP contribution in [0.5, 0.6) is 0 Å². The molecule has 2 amide bonds. The number of rotatable bonds is 5. The van der Waals surface area contributed by atoms with Crippen LogP contribution in [-0.2, 0) is 21.3 Å². The molecule has 0 spiro atoms. The van der Waals surface area contributed by atoms with Gasteiger partial charge >= 0.3 is 12.0 Å². The Labute approximate surface area is 143 Å². The average Bonchev–Trinajstić information content (AvgIpc) is 2.60. The van der Waals surface area contributed by atoms with Crippen molar-refractivity contribution < 1.29 is 22.7 Å². The predicted octanol–water partition coefficient (Wildman–Crippen LogP) is -0.00410. The number of sulfonamides is 1. The Morgan fingerprint density at radius 3 is 2.52 bits per heavy atom. The minimum atomic E-state index is -4.57. The first-order valence-electron chi connectivity index (χ1n) is 6.87. The first-order chi connectivity index (χ1) is 11.8. The third-order valence-electron chi connectivity index (χ3n) is 3.10. The highest BCUT2D eigenvalue weighted by molar-refractivity contribution is 7.93. The molecular formula is C14H15N5O5S. The molecule has 0 bridgehead atoms. The number of urea groups is 1.